The topological polar surface area (TPSA) is 87.3 Å². The predicted molar refractivity (Wildman–Crippen MR) is 92.7 cm³/mol. The third-order valence-corrected chi connectivity index (χ3v) is 4.11. The Balaban J connectivity index is 1.44. The van der Waals surface area contributed by atoms with Gasteiger partial charge in [0.15, 0.2) is 12.3 Å². The molecule has 2 amide bonds. The molecule has 0 spiro atoms. The average Bonchev–Trinajstić information content (AvgIpc) is 3.07. The number of anilines is 1. The Hall–Kier alpha value is -3.35. The predicted octanol–water partition coefficient (Wildman–Crippen LogP) is 1.72. The van der Waals surface area contributed by atoms with Gasteiger partial charge >= 0.3 is 0 Å². The number of carbonyl (C=O) groups is 2. The Bertz CT molecular complexity index is 950. The Morgan fingerprint density at radius 1 is 1.20 bits per heavy atom. The van der Waals surface area contributed by atoms with Crippen LogP contribution in [-0.2, 0) is 4.79 Å². The van der Waals surface area contributed by atoms with Gasteiger partial charge in [-0.1, -0.05) is 30.3 Å². The van der Waals surface area contributed by atoms with E-state index in [4.69, 9.17) is 4.74 Å². The summed E-state index contributed by atoms with van der Waals surface area (Å²) in [5.41, 5.74) is 1.88. The van der Waals surface area contributed by atoms with E-state index >= 15 is 0 Å². The van der Waals surface area contributed by atoms with Crippen LogP contribution in [0.5, 0.6) is 5.75 Å². The van der Waals surface area contributed by atoms with E-state index in [1.54, 1.807) is 4.90 Å². The van der Waals surface area contributed by atoms with Crippen LogP contribution in [0, 0.1) is 0 Å². The molecule has 1 aliphatic heterocycles. The number of H-pyrrole nitrogens is 1. The first-order chi connectivity index (χ1) is 12.2. The van der Waals surface area contributed by atoms with Gasteiger partial charge in [-0.05, 0) is 18.2 Å². The number of fused-ring (bicyclic) bond motifs is 2. The van der Waals surface area contributed by atoms with Gasteiger partial charge in [-0.2, -0.15) is 5.10 Å². The van der Waals surface area contributed by atoms with Crippen LogP contribution in [0.2, 0.25) is 0 Å². The Labute approximate surface area is 143 Å². The second-order valence-electron chi connectivity index (χ2n) is 5.68. The molecule has 0 saturated carbocycles. The summed E-state index contributed by atoms with van der Waals surface area (Å²) >= 11 is 0. The van der Waals surface area contributed by atoms with Crippen molar-refractivity contribution in [2.45, 2.75) is 0 Å². The molecular formula is C18H16N4O3. The number of nitrogens with one attached hydrogen (secondary N) is 2. The number of hydrogen-bond acceptors (Lipinski definition) is 4. The Morgan fingerprint density at radius 2 is 2.00 bits per heavy atom. The molecule has 0 saturated heterocycles. The van der Waals surface area contributed by atoms with Crippen LogP contribution in [0.1, 0.15) is 10.5 Å². The first-order valence-corrected chi connectivity index (χ1v) is 7.97. The molecule has 126 valence electrons. The van der Waals surface area contributed by atoms with Crippen molar-refractivity contribution < 1.29 is 14.3 Å². The third kappa shape index (κ3) is 2.80. The minimum Gasteiger partial charge on any atom is -0.482 e. The molecule has 0 fully saturated rings. The fourth-order valence-electron chi connectivity index (χ4n) is 2.90. The van der Waals surface area contributed by atoms with Crippen molar-refractivity contribution in [3.05, 3.63) is 54.2 Å². The van der Waals surface area contributed by atoms with Gasteiger partial charge in [0.25, 0.3) is 11.8 Å². The molecule has 2 aromatic carbocycles. The van der Waals surface area contributed by atoms with Crippen molar-refractivity contribution in [3.63, 3.8) is 0 Å². The zero-order valence-corrected chi connectivity index (χ0v) is 13.4. The monoisotopic (exact) mass is 336 g/mol. The van der Waals surface area contributed by atoms with Crippen molar-refractivity contribution >= 4 is 28.4 Å². The molecule has 2 heterocycles. The molecule has 1 aromatic heterocycles. The summed E-state index contributed by atoms with van der Waals surface area (Å²) in [7, 11) is 0. The van der Waals surface area contributed by atoms with E-state index < -0.39 is 0 Å². The van der Waals surface area contributed by atoms with E-state index in [1.165, 1.54) is 0 Å². The number of aromatic nitrogens is 2. The number of rotatable bonds is 4. The van der Waals surface area contributed by atoms with E-state index in [-0.39, 0.29) is 18.4 Å². The minimum atomic E-state index is -0.272. The number of aromatic amines is 1. The highest BCUT2D eigenvalue weighted by molar-refractivity contribution is 6.04. The molecule has 7 heteroatoms. The van der Waals surface area contributed by atoms with Gasteiger partial charge in [0.1, 0.15) is 5.75 Å². The van der Waals surface area contributed by atoms with Crippen LogP contribution >= 0.6 is 0 Å². The van der Waals surface area contributed by atoms with Crippen LogP contribution in [0.25, 0.3) is 10.9 Å². The van der Waals surface area contributed by atoms with E-state index in [2.05, 4.69) is 15.5 Å². The van der Waals surface area contributed by atoms with Crippen molar-refractivity contribution in [2.24, 2.45) is 0 Å². The van der Waals surface area contributed by atoms with Crippen molar-refractivity contribution in [2.75, 3.05) is 24.6 Å². The third-order valence-electron chi connectivity index (χ3n) is 4.11. The first-order valence-electron chi connectivity index (χ1n) is 7.97. The minimum absolute atomic E-state index is 0.00889. The lowest BCUT2D eigenvalue weighted by molar-refractivity contribution is -0.121. The summed E-state index contributed by atoms with van der Waals surface area (Å²) < 4.78 is 5.41. The van der Waals surface area contributed by atoms with Crippen LogP contribution in [0.15, 0.2) is 48.5 Å². The summed E-state index contributed by atoms with van der Waals surface area (Å²) in [5.74, 6) is 0.274. The van der Waals surface area contributed by atoms with Gasteiger partial charge < -0.3 is 15.0 Å². The van der Waals surface area contributed by atoms with Gasteiger partial charge in [0, 0.05) is 18.5 Å². The molecule has 0 atom stereocenters. The van der Waals surface area contributed by atoms with Gasteiger partial charge in [-0.25, -0.2) is 0 Å². The van der Waals surface area contributed by atoms with Crippen LogP contribution < -0.4 is 15.0 Å². The maximum atomic E-state index is 12.4. The van der Waals surface area contributed by atoms with E-state index in [9.17, 15) is 9.59 Å². The van der Waals surface area contributed by atoms with Crippen molar-refractivity contribution in [1.82, 2.24) is 15.5 Å². The molecule has 2 N–H and O–H groups in total. The first kappa shape index (κ1) is 15.2. The highest BCUT2D eigenvalue weighted by Crippen LogP contribution is 2.30. The largest absolute Gasteiger partial charge is 0.482 e. The molecule has 25 heavy (non-hydrogen) atoms. The van der Waals surface area contributed by atoms with E-state index in [0.29, 0.717) is 24.5 Å². The molecule has 4 rings (SSSR count). The number of carbonyl (C=O) groups excluding carboxylic acids is 2. The number of nitrogens with zero attached hydrogens (tertiary/aromatic N) is 2. The smallest absolute Gasteiger partial charge is 0.272 e. The summed E-state index contributed by atoms with van der Waals surface area (Å²) in [6, 6.07) is 14.8. The van der Waals surface area contributed by atoms with Gasteiger partial charge in [-0.15, -0.1) is 0 Å². The summed E-state index contributed by atoms with van der Waals surface area (Å²) in [6.45, 7) is 0.697. The van der Waals surface area contributed by atoms with Crippen molar-refractivity contribution in [3.8, 4) is 5.75 Å². The van der Waals surface area contributed by atoms with E-state index in [0.717, 1.165) is 16.6 Å². The number of amides is 2. The molecule has 3 aromatic rings. The maximum Gasteiger partial charge on any atom is 0.272 e. The quantitative estimate of drug-likeness (QED) is 0.759. The van der Waals surface area contributed by atoms with Crippen molar-refractivity contribution in [1.29, 1.82) is 0 Å². The fourth-order valence-corrected chi connectivity index (χ4v) is 2.90. The molecule has 7 nitrogen and oxygen atoms in total. The van der Waals surface area contributed by atoms with E-state index in [1.807, 2.05) is 48.5 Å². The van der Waals surface area contributed by atoms with Gasteiger partial charge in [0.05, 0.1) is 11.2 Å². The van der Waals surface area contributed by atoms with Crippen LogP contribution in [0.4, 0.5) is 5.69 Å². The number of benzene rings is 2. The lowest BCUT2D eigenvalue weighted by Gasteiger charge is -2.29. The number of para-hydroxylation sites is 3. The second-order valence-corrected chi connectivity index (χ2v) is 5.68. The zero-order chi connectivity index (χ0) is 17.2. The highest BCUT2D eigenvalue weighted by Gasteiger charge is 2.25. The summed E-state index contributed by atoms with van der Waals surface area (Å²) in [5, 5.41) is 10.5. The average molecular weight is 336 g/mol. The Kier molecular flexibility index (Phi) is 3.81. The molecular weight excluding hydrogens is 320 g/mol. The van der Waals surface area contributed by atoms with Gasteiger partial charge in [-0.3, -0.25) is 14.7 Å². The lowest BCUT2D eigenvalue weighted by Crippen LogP contribution is -2.43. The van der Waals surface area contributed by atoms with Gasteiger partial charge in [0.2, 0.25) is 0 Å². The molecule has 0 bridgehead atoms. The number of ether oxygens (including phenoxy) is 1. The van der Waals surface area contributed by atoms with Crippen LogP contribution in [0.3, 0.4) is 0 Å². The molecule has 1 aliphatic rings. The molecule has 0 radical (unpaired) electrons. The summed E-state index contributed by atoms with van der Waals surface area (Å²) in [4.78, 5) is 26.1. The maximum absolute atomic E-state index is 12.4. The SMILES string of the molecule is O=C(NCCN1C(=O)COc2ccccc21)c1n[nH]c2ccccc12. The van der Waals surface area contributed by atoms with Crippen LogP contribution in [-0.4, -0.2) is 41.7 Å². The fraction of sp³-hybridized carbons (Fsp3) is 0.167. The summed E-state index contributed by atoms with van der Waals surface area (Å²) in [6.07, 6.45) is 0. The lowest BCUT2D eigenvalue weighted by atomic mass is 10.2. The highest BCUT2D eigenvalue weighted by atomic mass is 16.5. The second kappa shape index (κ2) is 6.27. The molecule has 0 aliphatic carbocycles. The molecule has 0 unspecified atom stereocenters. The standard InChI is InChI=1S/C18H16N4O3/c23-16-11-25-15-8-4-3-7-14(15)22(16)10-9-19-18(24)17-12-5-1-2-6-13(12)20-21-17/h1-8H,9-11H2,(H,19,24)(H,20,21). The number of hydrogen-bond donors (Lipinski definition) is 2. The normalized spacial score (nSPS) is 13.4. The zero-order valence-electron chi connectivity index (χ0n) is 13.4. The Morgan fingerprint density at radius 3 is 2.92 bits per heavy atom.